The van der Waals surface area contributed by atoms with E-state index in [0.29, 0.717) is 5.56 Å². The molecule has 15 heavy (non-hydrogen) atoms. The highest BCUT2D eigenvalue weighted by molar-refractivity contribution is 5.41. The van der Waals surface area contributed by atoms with E-state index in [9.17, 15) is 10.2 Å². The Hall–Kier alpha value is -1.26. The van der Waals surface area contributed by atoms with E-state index < -0.39 is 12.1 Å². The number of phenolic OH excluding ortho intramolecular Hbond substituents is 2. The molecule has 0 saturated heterocycles. The third-order valence-electron chi connectivity index (χ3n) is 2.44. The van der Waals surface area contributed by atoms with Crippen LogP contribution < -0.4 is 5.73 Å². The molecule has 84 valence electrons. The Morgan fingerprint density at radius 3 is 2.20 bits per heavy atom. The number of rotatable bonds is 3. The summed E-state index contributed by atoms with van der Waals surface area (Å²) in [7, 11) is 0. The van der Waals surface area contributed by atoms with Gasteiger partial charge in [-0.3, -0.25) is 0 Å². The van der Waals surface area contributed by atoms with E-state index in [4.69, 9.17) is 10.8 Å². The largest absolute Gasteiger partial charge is 0.504 e. The van der Waals surface area contributed by atoms with Crippen LogP contribution >= 0.6 is 0 Å². The average Bonchev–Trinajstić information content (AvgIpc) is 2.19. The number of hydrogen-bond donors (Lipinski definition) is 4. The minimum Gasteiger partial charge on any atom is -0.504 e. The van der Waals surface area contributed by atoms with Crippen molar-refractivity contribution in [3.63, 3.8) is 0 Å². The summed E-state index contributed by atoms with van der Waals surface area (Å²) in [6.07, 6.45) is -0.672. The van der Waals surface area contributed by atoms with E-state index in [1.165, 1.54) is 12.1 Å². The Labute approximate surface area is 89.0 Å². The molecule has 0 aliphatic rings. The van der Waals surface area contributed by atoms with Crippen molar-refractivity contribution >= 4 is 0 Å². The van der Waals surface area contributed by atoms with Crippen molar-refractivity contribution in [1.29, 1.82) is 0 Å². The predicted molar refractivity (Wildman–Crippen MR) is 57.5 cm³/mol. The molecule has 4 nitrogen and oxygen atoms in total. The standard InChI is InChI=1S/C11H17NO3/c1-6(2)11(15)10(12)7-3-4-8(13)9(14)5-7/h3-6,10-11,13-15H,12H2,1-2H3/t10-,11+/m0/s1. The second-order valence-electron chi connectivity index (χ2n) is 4.01. The first-order valence-electron chi connectivity index (χ1n) is 4.89. The molecule has 0 radical (unpaired) electrons. The van der Waals surface area contributed by atoms with Crippen LogP contribution in [0.25, 0.3) is 0 Å². The predicted octanol–water partition coefficient (Wildman–Crippen LogP) is 1.11. The highest BCUT2D eigenvalue weighted by atomic mass is 16.3. The van der Waals surface area contributed by atoms with Gasteiger partial charge in [-0.2, -0.15) is 0 Å². The number of benzene rings is 1. The van der Waals surface area contributed by atoms with E-state index in [2.05, 4.69) is 0 Å². The molecule has 0 aromatic heterocycles. The van der Waals surface area contributed by atoms with Crippen LogP contribution in [0.4, 0.5) is 0 Å². The fourth-order valence-electron chi connectivity index (χ4n) is 1.36. The molecule has 0 aliphatic heterocycles. The lowest BCUT2D eigenvalue weighted by molar-refractivity contribution is 0.0978. The molecule has 0 amide bonds. The average molecular weight is 211 g/mol. The molecule has 5 N–H and O–H groups in total. The molecule has 0 aliphatic carbocycles. The summed E-state index contributed by atoms with van der Waals surface area (Å²) in [5.74, 6) is -0.375. The molecule has 4 heteroatoms. The second kappa shape index (κ2) is 4.51. The number of aliphatic hydroxyl groups excluding tert-OH is 1. The van der Waals surface area contributed by atoms with Crippen molar-refractivity contribution in [2.75, 3.05) is 0 Å². The Morgan fingerprint density at radius 1 is 1.13 bits per heavy atom. The first-order chi connectivity index (χ1) is 6.93. The van der Waals surface area contributed by atoms with Crippen molar-refractivity contribution < 1.29 is 15.3 Å². The zero-order chi connectivity index (χ0) is 11.6. The topological polar surface area (TPSA) is 86.7 Å². The Bertz CT molecular complexity index is 339. The van der Waals surface area contributed by atoms with Crippen molar-refractivity contribution in [2.24, 2.45) is 11.7 Å². The molecular formula is C11H17NO3. The van der Waals surface area contributed by atoms with E-state index in [1.807, 2.05) is 13.8 Å². The smallest absolute Gasteiger partial charge is 0.157 e. The summed E-state index contributed by atoms with van der Waals surface area (Å²) >= 11 is 0. The van der Waals surface area contributed by atoms with Gasteiger partial charge < -0.3 is 21.1 Å². The van der Waals surface area contributed by atoms with Crippen LogP contribution in [0.5, 0.6) is 11.5 Å². The van der Waals surface area contributed by atoms with Crippen LogP contribution in [0.3, 0.4) is 0 Å². The van der Waals surface area contributed by atoms with Gasteiger partial charge in [0.1, 0.15) is 0 Å². The molecule has 1 aromatic carbocycles. The zero-order valence-corrected chi connectivity index (χ0v) is 8.88. The fourth-order valence-corrected chi connectivity index (χ4v) is 1.36. The van der Waals surface area contributed by atoms with Gasteiger partial charge >= 0.3 is 0 Å². The van der Waals surface area contributed by atoms with Crippen LogP contribution in [0, 0.1) is 5.92 Å². The second-order valence-corrected chi connectivity index (χ2v) is 4.01. The molecule has 0 spiro atoms. The van der Waals surface area contributed by atoms with E-state index in [0.717, 1.165) is 0 Å². The Morgan fingerprint density at radius 2 is 1.73 bits per heavy atom. The van der Waals surface area contributed by atoms with Gasteiger partial charge in [0.15, 0.2) is 11.5 Å². The van der Waals surface area contributed by atoms with Gasteiger partial charge in [-0.15, -0.1) is 0 Å². The van der Waals surface area contributed by atoms with Crippen LogP contribution in [0.1, 0.15) is 25.5 Å². The summed E-state index contributed by atoms with van der Waals surface area (Å²) in [4.78, 5) is 0. The van der Waals surface area contributed by atoms with Crippen molar-refractivity contribution in [3.05, 3.63) is 23.8 Å². The maximum Gasteiger partial charge on any atom is 0.157 e. The SMILES string of the molecule is CC(C)[C@@H](O)[C@@H](N)c1ccc(O)c(O)c1. The number of hydrogen-bond acceptors (Lipinski definition) is 4. The third kappa shape index (κ3) is 2.61. The summed E-state index contributed by atoms with van der Waals surface area (Å²) in [6.45, 7) is 3.73. The zero-order valence-electron chi connectivity index (χ0n) is 8.88. The van der Waals surface area contributed by atoms with Gasteiger partial charge in [-0.05, 0) is 23.6 Å². The Balaban J connectivity index is 2.91. The van der Waals surface area contributed by atoms with E-state index in [1.54, 1.807) is 6.07 Å². The number of aliphatic hydroxyl groups is 1. The maximum atomic E-state index is 9.74. The molecule has 0 fully saturated rings. The van der Waals surface area contributed by atoms with Crippen molar-refractivity contribution in [1.82, 2.24) is 0 Å². The van der Waals surface area contributed by atoms with Gasteiger partial charge in [0.05, 0.1) is 12.1 Å². The van der Waals surface area contributed by atoms with E-state index in [-0.39, 0.29) is 17.4 Å². The Kier molecular flexibility index (Phi) is 3.55. The first kappa shape index (κ1) is 11.8. The quantitative estimate of drug-likeness (QED) is 0.564. The normalized spacial score (nSPS) is 15.3. The third-order valence-corrected chi connectivity index (χ3v) is 2.44. The van der Waals surface area contributed by atoms with Crippen molar-refractivity contribution in [2.45, 2.75) is 26.0 Å². The van der Waals surface area contributed by atoms with Gasteiger partial charge in [0.25, 0.3) is 0 Å². The number of nitrogens with two attached hydrogens (primary N) is 1. The van der Waals surface area contributed by atoms with Crippen LogP contribution in [0.2, 0.25) is 0 Å². The molecule has 1 rings (SSSR count). The number of aromatic hydroxyl groups is 2. The lowest BCUT2D eigenvalue weighted by Gasteiger charge is -2.22. The van der Waals surface area contributed by atoms with Gasteiger partial charge in [-0.1, -0.05) is 19.9 Å². The first-order valence-corrected chi connectivity index (χ1v) is 4.89. The molecule has 1 aromatic rings. The van der Waals surface area contributed by atoms with Crippen LogP contribution in [-0.2, 0) is 0 Å². The summed E-state index contributed by atoms with van der Waals surface area (Å²) in [5, 5.41) is 28.1. The van der Waals surface area contributed by atoms with Gasteiger partial charge in [-0.25, -0.2) is 0 Å². The maximum absolute atomic E-state index is 9.74. The van der Waals surface area contributed by atoms with Crippen molar-refractivity contribution in [3.8, 4) is 11.5 Å². The highest BCUT2D eigenvalue weighted by Crippen LogP contribution is 2.29. The molecule has 2 atom stereocenters. The minimum atomic E-state index is -0.672. The molecule has 0 unspecified atom stereocenters. The molecule has 0 saturated carbocycles. The molecular weight excluding hydrogens is 194 g/mol. The van der Waals surface area contributed by atoms with Crippen LogP contribution in [-0.4, -0.2) is 21.4 Å². The van der Waals surface area contributed by atoms with Crippen LogP contribution in [0.15, 0.2) is 18.2 Å². The van der Waals surface area contributed by atoms with Gasteiger partial charge in [0, 0.05) is 0 Å². The minimum absolute atomic E-state index is 0.0379. The lowest BCUT2D eigenvalue weighted by Crippen LogP contribution is -2.30. The fraction of sp³-hybridized carbons (Fsp3) is 0.455. The number of phenols is 2. The highest BCUT2D eigenvalue weighted by Gasteiger charge is 2.20. The van der Waals surface area contributed by atoms with E-state index >= 15 is 0 Å². The summed E-state index contributed by atoms with van der Waals surface area (Å²) in [6, 6.07) is 3.76. The summed E-state index contributed by atoms with van der Waals surface area (Å²) < 4.78 is 0. The lowest BCUT2D eigenvalue weighted by atomic mass is 9.94. The van der Waals surface area contributed by atoms with Gasteiger partial charge in [0.2, 0.25) is 0 Å². The molecule has 0 bridgehead atoms. The molecule has 0 heterocycles. The monoisotopic (exact) mass is 211 g/mol. The summed E-state index contributed by atoms with van der Waals surface area (Å²) in [5.41, 5.74) is 6.42.